The summed E-state index contributed by atoms with van der Waals surface area (Å²) in [4.78, 5) is 28.2. The number of carbonyl (C=O) groups excluding carboxylic acids is 2. The fourth-order valence-electron chi connectivity index (χ4n) is 2.98. The summed E-state index contributed by atoms with van der Waals surface area (Å²) in [6, 6.07) is 14.3. The fourth-order valence-corrected chi connectivity index (χ4v) is 4.07. The first kappa shape index (κ1) is 22.3. The second-order valence-corrected chi connectivity index (χ2v) is 8.69. The molecule has 1 aliphatic heterocycles. The highest BCUT2D eigenvalue weighted by Crippen LogP contribution is 2.17. The van der Waals surface area contributed by atoms with Crippen molar-refractivity contribution in [1.29, 1.82) is 0 Å². The van der Waals surface area contributed by atoms with E-state index in [9.17, 15) is 9.59 Å². The molecule has 3 amide bonds. The van der Waals surface area contributed by atoms with Gasteiger partial charge in [0.05, 0.1) is 13.0 Å². The van der Waals surface area contributed by atoms with E-state index in [1.807, 2.05) is 53.1 Å². The lowest BCUT2D eigenvalue weighted by atomic mass is 10.1. The average molecular weight is 448 g/mol. The van der Waals surface area contributed by atoms with Crippen LogP contribution in [0.15, 0.2) is 48.5 Å². The number of benzene rings is 2. The third-order valence-corrected chi connectivity index (χ3v) is 5.94. The van der Waals surface area contributed by atoms with E-state index >= 15 is 0 Å². The Labute approximate surface area is 186 Å². The Bertz CT molecular complexity index is 857. The minimum atomic E-state index is -0.223. The van der Waals surface area contributed by atoms with Gasteiger partial charge in [-0.1, -0.05) is 29.8 Å². The van der Waals surface area contributed by atoms with Crippen molar-refractivity contribution in [3.05, 3.63) is 59.1 Å². The number of amides is 3. The Morgan fingerprint density at radius 3 is 2.60 bits per heavy atom. The number of urea groups is 1. The topological polar surface area (TPSA) is 61.9 Å². The summed E-state index contributed by atoms with van der Waals surface area (Å²) in [6.07, 6.45) is 0.389. The predicted octanol–water partition coefficient (Wildman–Crippen LogP) is 4.00. The van der Waals surface area contributed by atoms with Gasteiger partial charge in [0.1, 0.15) is 12.4 Å². The van der Waals surface area contributed by atoms with Crippen molar-refractivity contribution in [1.82, 2.24) is 9.80 Å². The van der Waals surface area contributed by atoms with Crippen LogP contribution in [0.4, 0.5) is 10.5 Å². The first-order valence-electron chi connectivity index (χ1n) is 9.86. The van der Waals surface area contributed by atoms with E-state index in [0.717, 1.165) is 30.2 Å². The Balaban J connectivity index is 1.42. The van der Waals surface area contributed by atoms with Gasteiger partial charge in [-0.25, -0.2) is 4.79 Å². The van der Waals surface area contributed by atoms with Crippen molar-refractivity contribution in [2.75, 3.05) is 50.1 Å². The normalized spacial score (nSPS) is 13.6. The van der Waals surface area contributed by atoms with E-state index in [4.69, 9.17) is 16.3 Å². The highest BCUT2D eigenvalue weighted by Gasteiger charge is 2.17. The van der Waals surface area contributed by atoms with Gasteiger partial charge in [-0.2, -0.15) is 11.8 Å². The van der Waals surface area contributed by atoms with Crippen LogP contribution in [0, 0.1) is 0 Å². The van der Waals surface area contributed by atoms with Crippen LogP contribution < -0.4 is 10.1 Å². The van der Waals surface area contributed by atoms with Crippen molar-refractivity contribution in [3.63, 3.8) is 0 Å². The van der Waals surface area contributed by atoms with Gasteiger partial charge in [0, 0.05) is 42.4 Å². The molecule has 2 aromatic rings. The summed E-state index contributed by atoms with van der Waals surface area (Å²) < 4.78 is 5.62. The van der Waals surface area contributed by atoms with Gasteiger partial charge >= 0.3 is 6.03 Å². The molecule has 2 aromatic carbocycles. The SMILES string of the molecule is CN(CCOc1cccc(Cl)c1)C(=O)Nc1ccc(CC(=O)N2CCSCC2)cc1. The molecule has 0 atom stereocenters. The van der Waals surface area contributed by atoms with Crippen LogP contribution in [-0.2, 0) is 11.2 Å². The van der Waals surface area contributed by atoms with Gasteiger partial charge in [0.2, 0.25) is 5.91 Å². The molecule has 1 fully saturated rings. The zero-order chi connectivity index (χ0) is 21.3. The van der Waals surface area contributed by atoms with Crippen LogP contribution in [0.3, 0.4) is 0 Å². The van der Waals surface area contributed by atoms with Crippen LogP contribution >= 0.6 is 23.4 Å². The van der Waals surface area contributed by atoms with Crippen LogP contribution in [0.1, 0.15) is 5.56 Å². The standard InChI is InChI=1S/C22H26ClN3O3S/c1-25(9-12-29-20-4-2-3-18(23)16-20)22(28)24-19-7-5-17(6-8-19)15-21(27)26-10-13-30-14-11-26/h2-8,16H,9-15H2,1H3,(H,24,28). The zero-order valence-electron chi connectivity index (χ0n) is 17.0. The second kappa shape index (κ2) is 11.1. The third-order valence-electron chi connectivity index (χ3n) is 4.76. The van der Waals surface area contributed by atoms with Gasteiger partial charge < -0.3 is 19.9 Å². The second-order valence-electron chi connectivity index (χ2n) is 7.02. The molecule has 0 spiro atoms. The maximum Gasteiger partial charge on any atom is 0.321 e. The third kappa shape index (κ3) is 6.85. The molecule has 3 rings (SSSR count). The first-order chi connectivity index (χ1) is 14.5. The Hall–Kier alpha value is -2.38. The summed E-state index contributed by atoms with van der Waals surface area (Å²) in [6.45, 7) is 2.44. The molecular formula is C22H26ClN3O3S. The highest BCUT2D eigenvalue weighted by atomic mass is 35.5. The Morgan fingerprint density at radius 2 is 1.90 bits per heavy atom. The van der Waals surface area contributed by atoms with Crippen molar-refractivity contribution in [2.24, 2.45) is 0 Å². The van der Waals surface area contributed by atoms with Crippen molar-refractivity contribution in [2.45, 2.75) is 6.42 Å². The summed E-state index contributed by atoms with van der Waals surface area (Å²) in [5, 5.41) is 3.47. The lowest BCUT2D eigenvalue weighted by molar-refractivity contribution is -0.130. The molecule has 0 aromatic heterocycles. The monoisotopic (exact) mass is 447 g/mol. The maximum atomic E-state index is 12.4. The van der Waals surface area contributed by atoms with Gasteiger partial charge in [0.25, 0.3) is 0 Å². The number of ether oxygens (including phenoxy) is 1. The number of halogens is 1. The van der Waals surface area contributed by atoms with E-state index in [1.165, 1.54) is 0 Å². The largest absolute Gasteiger partial charge is 0.492 e. The molecule has 0 unspecified atom stereocenters. The molecule has 1 aliphatic rings. The number of nitrogens with one attached hydrogen (secondary N) is 1. The van der Waals surface area contributed by atoms with Crippen molar-refractivity contribution >= 4 is 41.0 Å². The lowest BCUT2D eigenvalue weighted by Crippen LogP contribution is -2.38. The lowest BCUT2D eigenvalue weighted by Gasteiger charge is -2.26. The average Bonchev–Trinajstić information content (AvgIpc) is 2.75. The minimum absolute atomic E-state index is 0.159. The quantitative estimate of drug-likeness (QED) is 0.696. The smallest absolute Gasteiger partial charge is 0.321 e. The van der Waals surface area contributed by atoms with Crippen LogP contribution in [0.2, 0.25) is 5.02 Å². The summed E-state index contributed by atoms with van der Waals surface area (Å²) >= 11 is 7.81. The molecule has 1 saturated heterocycles. The van der Waals surface area contributed by atoms with E-state index in [2.05, 4.69) is 5.32 Å². The fraction of sp³-hybridized carbons (Fsp3) is 0.364. The molecule has 0 aliphatic carbocycles. The minimum Gasteiger partial charge on any atom is -0.492 e. The summed E-state index contributed by atoms with van der Waals surface area (Å²) in [5.74, 6) is 2.85. The number of hydrogen-bond donors (Lipinski definition) is 1. The van der Waals surface area contributed by atoms with E-state index < -0.39 is 0 Å². The highest BCUT2D eigenvalue weighted by molar-refractivity contribution is 7.99. The summed E-state index contributed by atoms with van der Waals surface area (Å²) in [5.41, 5.74) is 1.63. The van der Waals surface area contributed by atoms with Gasteiger partial charge in [-0.15, -0.1) is 0 Å². The first-order valence-corrected chi connectivity index (χ1v) is 11.4. The van der Waals surface area contributed by atoms with Crippen molar-refractivity contribution in [3.8, 4) is 5.75 Å². The number of likely N-dealkylation sites (N-methyl/N-ethyl adjacent to an activating group) is 1. The number of carbonyl (C=O) groups is 2. The molecule has 0 bridgehead atoms. The van der Waals surface area contributed by atoms with Gasteiger partial charge in [-0.05, 0) is 35.9 Å². The number of anilines is 1. The number of hydrogen-bond acceptors (Lipinski definition) is 4. The molecule has 6 nitrogen and oxygen atoms in total. The molecule has 0 saturated carbocycles. The van der Waals surface area contributed by atoms with Crippen LogP contribution in [-0.4, -0.2) is 66.5 Å². The van der Waals surface area contributed by atoms with Crippen LogP contribution in [0.25, 0.3) is 0 Å². The number of rotatable bonds is 7. The van der Waals surface area contributed by atoms with Gasteiger partial charge in [0.15, 0.2) is 0 Å². The molecule has 30 heavy (non-hydrogen) atoms. The molecule has 1 N–H and O–H groups in total. The van der Waals surface area contributed by atoms with E-state index in [0.29, 0.717) is 36.0 Å². The summed E-state index contributed by atoms with van der Waals surface area (Å²) in [7, 11) is 1.71. The number of nitrogens with zero attached hydrogens (tertiary/aromatic N) is 2. The van der Waals surface area contributed by atoms with Gasteiger partial charge in [-0.3, -0.25) is 4.79 Å². The molecule has 160 valence electrons. The van der Waals surface area contributed by atoms with E-state index in [-0.39, 0.29) is 11.9 Å². The van der Waals surface area contributed by atoms with Crippen molar-refractivity contribution < 1.29 is 14.3 Å². The predicted molar refractivity (Wildman–Crippen MR) is 123 cm³/mol. The maximum absolute atomic E-state index is 12.4. The van der Waals surface area contributed by atoms with E-state index in [1.54, 1.807) is 24.1 Å². The molecule has 1 heterocycles. The zero-order valence-corrected chi connectivity index (χ0v) is 18.5. The molecular weight excluding hydrogens is 422 g/mol. The molecule has 8 heteroatoms. The molecule has 0 radical (unpaired) electrons. The Kier molecular flexibility index (Phi) is 8.28. The van der Waals surface area contributed by atoms with Crippen LogP contribution in [0.5, 0.6) is 5.75 Å². The number of thioether (sulfide) groups is 1. The Morgan fingerprint density at radius 1 is 1.17 bits per heavy atom.